The van der Waals surface area contributed by atoms with Crippen LogP contribution in [0.15, 0.2) is 18.3 Å². The topological polar surface area (TPSA) is 77.8 Å². The zero-order chi connectivity index (χ0) is 19.6. The molecule has 1 N–H and O–H groups in total. The summed E-state index contributed by atoms with van der Waals surface area (Å²) >= 11 is 0. The minimum Gasteiger partial charge on any atom is -0.444 e. The Morgan fingerprint density at radius 1 is 1.33 bits per heavy atom. The highest BCUT2D eigenvalue weighted by atomic mass is 19.3. The van der Waals surface area contributed by atoms with E-state index in [2.05, 4.69) is 20.3 Å². The maximum Gasteiger partial charge on any atom is 0.407 e. The number of carbonyl (C=O) groups is 1. The van der Waals surface area contributed by atoms with E-state index in [9.17, 15) is 13.6 Å². The molecule has 0 spiro atoms. The van der Waals surface area contributed by atoms with Crippen LogP contribution in [0.1, 0.15) is 58.2 Å². The van der Waals surface area contributed by atoms with Crippen LogP contribution in [-0.2, 0) is 4.74 Å². The molecule has 1 fully saturated rings. The number of alkyl halides is 2. The van der Waals surface area contributed by atoms with E-state index < -0.39 is 18.3 Å². The standard InChI is InChI=1S/C18H24F2N4O3/c1-18(2,3)27-17(25)21-12-6-4-5-11(9-12)15-23-22-14-10-13(26-16(19)20)7-8-24(14)15/h7-8,10-12,16H,4-6,9H2,1-3H3,(H,21,25)/t11-,12+/m0/s1. The monoisotopic (exact) mass is 382 g/mol. The molecule has 0 aromatic carbocycles. The fourth-order valence-corrected chi connectivity index (χ4v) is 3.37. The highest BCUT2D eigenvalue weighted by Gasteiger charge is 2.29. The number of alkyl carbamates (subject to hydrolysis) is 1. The molecule has 27 heavy (non-hydrogen) atoms. The van der Waals surface area contributed by atoms with Gasteiger partial charge in [-0.15, -0.1) is 10.2 Å². The first kappa shape index (κ1) is 19.3. The van der Waals surface area contributed by atoms with Crippen LogP contribution in [-0.4, -0.2) is 38.9 Å². The van der Waals surface area contributed by atoms with E-state index in [4.69, 9.17) is 4.74 Å². The number of aromatic nitrogens is 3. The lowest BCUT2D eigenvalue weighted by Gasteiger charge is -2.29. The smallest absolute Gasteiger partial charge is 0.407 e. The normalized spacial score (nSPS) is 20.7. The van der Waals surface area contributed by atoms with Crippen molar-refractivity contribution in [1.82, 2.24) is 19.9 Å². The third kappa shape index (κ3) is 5.05. The Hall–Kier alpha value is -2.45. The van der Waals surface area contributed by atoms with Gasteiger partial charge in [0.2, 0.25) is 0 Å². The average molecular weight is 382 g/mol. The number of ether oxygens (including phenoxy) is 2. The first-order chi connectivity index (χ1) is 12.7. The summed E-state index contributed by atoms with van der Waals surface area (Å²) < 4.78 is 36.2. The molecule has 9 heteroatoms. The van der Waals surface area contributed by atoms with E-state index in [1.54, 1.807) is 10.6 Å². The first-order valence-electron chi connectivity index (χ1n) is 9.00. The van der Waals surface area contributed by atoms with Crippen LogP contribution in [0.2, 0.25) is 0 Å². The second kappa shape index (κ2) is 7.66. The van der Waals surface area contributed by atoms with Gasteiger partial charge in [0.1, 0.15) is 17.2 Å². The Kier molecular flexibility index (Phi) is 5.48. The van der Waals surface area contributed by atoms with Gasteiger partial charge in [-0.3, -0.25) is 4.40 Å². The Labute approximate surface area is 156 Å². The predicted molar refractivity (Wildman–Crippen MR) is 94.0 cm³/mol. The number of nitrogens with zero attached hydrogens (tertiary/aromatic N) is 3. The first-order valence-corrected chi connectivity index (χ1v) is 9.00. The molecule has 3 rings (SSSR count). The van der Waals surface area contributed by atoms with Gasteiger partial charge in [0.05, 0.1) is 0 Å². The number of nitrogens with one attached hydrogen (secondary N) is 1. The highest BCUT2D eigenvalue weighted by Crippen LogP contribution is 2.32. The minimum absolute atomic E-state index is 0.00705. The van der Waals surface area contributed by atoms with E-state index in [0.717, 1.165) is 31.5 Å². The summed E-state index contributed by atoms with van der Waals surface area (Å²) in [5, 5.41) is 11.2. The summed E-state index contributed by atoms with van der Waals surface area (Å²) in [7, 11) is 0. The molecule has 0 radical (unpaired) electrons. The van der Waals surface area contributed by atoms with Gasteiger partial charge in [-0.1, -0.05) is 6.42 Å². The number of hydrogen-bond acceptors (Lipinski definition) is 5. The van der Waals surface area contributed by atoms with Crippen molar-refractivity contribution in [1.29, 1.82) is 0 Å². The largest absolute Gasteiger partial charge is 0.444 e. The summed E-state index contributed by atoms with van der Waals surface area (Å²) in [6, 6.07) is 2.89. The number of rotatable bonds is 4. The second-order valence-electron chi connectivity index (χ2n) is 7.73. The van der Waals surface area contributed by atoms with E-state index in [1.165, 1.54) is 12.1 Å². The fraction of sp³-hybridized carbons (Fsp3) is 0.611. The van der Waals surface area contributed by atoms with Gasteiger partial charge in [-0.2, -0.15) is 8.78 Å². The summed E-state index contributed by atoms with van der Waals surface area (Å²) in [5.74, 6) is 0.907. The van der Waals surface area contributed by atoms with Gasteiger partial charge >= 0.3 is 12.7 Å². The molecule has 1 saturated carbocycles. The molecular formula is C18H24F2N4O3. The highest BCUT2D eigenvalue weighted by molar-refractivity contribution is 5.68. The lowest BCUT2D eigenvalue weighted by molar-refractivity contribution is -0.0498. The summed E-state index contributed by atoms with van der Waals surface area (Å²) in [6.07, 6.45) is 4.66. The number of hydrogen-bond donors (Lipinski definition) is 1. The molecule has 1 aliphatic rings. The zero-order valence-corrected chi connectivity index (χ0v) is 15.6. The van der Waals surface area contributed by atoms with Crippen LogP contribution >= 0.6 is 0 Å². The molecule has 0 bridgehead atoms. The van der Waals surface area contributed by atoms with Crippen LogP contribution < -0.4 is 10.1 Å². The van der Waals surface area contributed by atoms with Crippen molar-refractivity contribution < 1.29 is 23.0 Å². The molecule has 0 aliphatic heterocycles. The Bertz CT molecular complexity index is 803. The Morgan fingerprint density at radius 3 is 2.81 bits per heavy atom. The van der Waals surface area contributed by atoms with E-state index in [-0.39, 0.29) is 17.7 Å². The Balaban J connectivity index is 1.70. The molecule has 2 aromatic rings. The van der Waals surface area contributed by atoms with Crippen molar-refractivity contribution in [3.63, 3.8) is 0 Å². The van der Waals surface area contributed by atoms with Crippen LogP contribution in [0, 0.1) is 0 Å². The predicted octanol–water partition coefficient (Wildman–Crippen LogP) is 3.88. The fourth-order valence-electron chi connectivity index (χ4n) is 3.37. The number of amides is 1. The van der Waals surface area contributed by atoms with Gasteiger partial charge in [0.25, 0.3) is 0 Å². The summed E-state index contributed by atoms with van der Waals surface area (Å²) in [5.41, 5.74) is -0.0929. The molecule has 2 heterocycles. The third-order valence-corrected chi connectivity index (χ3v) is 4.39. The summed E-state index contributed by atoms with van der Waals surface area (Å²) in [6.45, 7) is 2.59. The van der Waals surface area contributed by atoms with Crippen LogP contribution in [0.25, 0.3) is 5.65 Å². The van der Waals surface area contributed by atoms with Gasteiger partial charge in [0.15, 0.2) is 5.65 Å². The molecule has 0 saturated heterocycles. The maximum atomic E-state index is 12.4. The molecule has 2 aromatic heterocycles. The molecule has 1 amide bonds. The molecular weight excluding hydrogens is 358 g/mol. The van der Waals surface area contributed by atoms with E-state index in [1.807, 2.05) is 20.8 Å². The van der Waals surface area contributed by atoms with Gasteiger partial charge in [0, 0.05) is 24.2 Å². The van der Waals surface area contributed by atoms with Gasteiger partial charge < -0.3 is 14.8 Å². The van der Waals surface area contributed by atoms with E-state index in [0.29, 0.717) is 5.65 Å². The second-order valence-corrected chi connectivity index (χ2v) is 7.73. The number of pyridine rings is 1. The van der Waals surface area contributed by atoms with Crippen molar-refractivity contribution in [2.75, 3.05) is 0 Å². The quantitative estimate of drug-likeness (QED) is 0.868. The third-order valence-electron chi connectivity index (χ3n) is 4.39. The maximum absolute atomic E-state index is 12.4. The van der Waals surface area contributed by atoms with Crippen molar-refractivity contribution >= 4 is 11.7 Å². The van der Waals surface area contributed by atoms with Gasteiger partial charge in [-0.25, -0.2) is 4.79 Å². The van der Waals surface area contributed by atoms with Crippen molar-refractivity contribution in [3.05, 3.63) is 24.2 Å². The zero-order valence-electron chi connectivity index (χ0n) is 15.6. The summed E-state index contributed by atoms with van der Waals surface area (Å²) in [4.78, 5) is 12.0. The SMILES string of the molecule is CC(C)(C)OC(=O)N[C@@H]1CCC[C@H](c2nnc3cc(OC(F)F)ccn23)C1. The number of carbonyl (C=O) groups excluding carboxylic acids is 1. The lowest BCUT2D eigenvalue weighted by Crippen LogP contribution is -2.41. The van der Waals surface area contributed by atoms with Crippen molar-refractivity contribution in [2.45, 2.75) is 70.6 Å². The Morgan fingerprint density at radius 2 is 2.11 bits per heavy atom. The molecule has 148 valence electrons. The molecule has 1 aliphatic carbocycles. The van der Waals surface area contributed by atoms with E-state index >= 15 is 0 Å². The number of fused-ring (bicyclic) bond motifs is 1. The van der Waals surface area contributed by atoms with Crippen LogP contribution in [0.4, 0.5) is 13.6 Å². The van der Waals surface area contributed by atoms with Crippen molar-refractivity contribution in [2.24, 2.45) is 0 Å². The van der Waals surface area contributed by atoms with Crippen LogP contribution in [0.3, 0.4) is 0 Å². The average Bonchev–Trinajstić information content (AvgIpc) is 2.95. The molecule has 7 nitrogen and oxygen atoms in total. The molecule has 0 unspecified atom stereocenters. The van der Waals surface area contributed by atoms with Gasteiger partial charge in [-0.05, 0) is 46.1 Å². The molecule has 2 atom stereocenters. The number of halogens is 2. The van der Waals surface area contributed by atoms with Crippen LogP contribution in [0.5, 0.6) is 5.75 Å². The minimum atomic E-state index is -2.88. The van der Waals surface area contributed by atoms with Crippen molar-refractivity contribution in [3.8, 4) is 5.75 Å². The lowest BCUT2D eigenvalue weighted by atomic mass is 9.85.